The molecule has 0 aromatic heterocycles. The zero-order valence-corrected chi connectivity index (χ0v) is 15.8. The Labute approximate surface area is 159 Å². The number of rotatable bonds is 8. The lowest BCUT2D eigenvalue weighted by molar-refractivity contribution is -0.116. The summed E-state index contributed by atoms with van der Waals surface area (Å²) in [5.41, 5.74) is 4.18. The summed E-state index contributed by atoms with van der Waals surface area (Å²) in [6.07, 6.45) is 1.25. The van der Waals surface area contributed by atoms with Crippen molar-refractivity contribution in [1.29, 1.82) is 5.26 Å². The van der Waals surface area contributed by atoms with E-state index < -0.39 is 0 Å². The molecule has 6 heteroatoms. The summed E-state index contributed by atoms with van der Waals surface area (Å²) in [4.78, 5) is 12.1. The van der Waals surface area contributed by atoms with Gasteiger partial charge in [0.2, 0.25) is 5.91 Å². The number of para-hydroxylation sites is 1. The molecule has 0 atom stereocenters. The van der Waals surface area contributed by atoms with E-state index in [4.69, 9.17) is 16.9 Å². The van der Waals surface area contributed by atoms with Crippen LogP contribution in [-0.2, 0) is 11.2 Å². The maximum Gasteiger partial charge on any atom is 0.225 e. The van der Waals surface area contributed by atoms with Gasteiger partial charge in [0.05, 0.1) is 16.9 Å². The Morgan fingerprint density at radius 2 is 2.04 bits per heavy atom. The van der Waals surface area contributed by atoms with Gasteiger partial charge >= 0.3 is 0 Å². The molecule has 0 bridgehead atoms. The quantitative estimate of drug-likeness (QED) is 0.619. The summed E-state index contributed by atoms with van der Waals surface area (Å²) in [6.45, 7) is 3.43. The molecule has 2 rings (SSSR count). The summed E-state index contributed by atoms with van der Waals surface area (Å²) in [5.74, 6) is -0.0910. The van der Waals surface area contributed by atoms with Crippen LogP contribution in [0, 0.1) is 18.3 Å². The van der Waals surface area contributed by atoms with Gasteiger partial charge in [-0.1, -0.05) is 23.7 Å². The smallest absolute Gasteiger partial charge is 0.225 e. The molecule has 0 saturated heterocycles. The first kappa shape index (κ1) is 19.8. The van der Waals surface area contributed by atoms with Gasteiger partial charge in [-0.2, -0.15) is 5.26 Å². The summed E-state index contributed by atoms with van der Waals surface area (Å²) < 4.78 is 0. The number of nitrogens with one attached hydrogen (secondary N) is 3. The van der Waals surface area contributed by atoms with Crippen molar-refractivity contribution < 1.29 is 4.79 Å². The molecule has 2 aromatic carbocycles. The molecule has 26 heavy (non-hydrogen) atoms. The van der Waals surface area contributed by atoms with Gasteiger partial charge in [0, 0.05) is 25.0 Å². The SMILES string of the molecule is CNc1c(C#N)cccc1NC(=O)CCNCCc1ccc(Cl)cc1C. The van der Waals surface area contributed by atoms with Crippen LogP contribution in [0.15, 0.2) is 36.4 Å². The molecule has 0 aliphatic heterocycles. The van der Waals surface area contributed by atoms with E-state index in [1.54, 1.807) is 25.2 Å². The third kappa shape index (κ3) is 5.48. The number of hydrogen-bond donors (Lipinski definition) is 3. The Balaban J connectivity index is 1.77. The van der Waals surface area contributed by atoms with Crippen molar-refractivity contribution in [3.8, 4) is 6.07 Å². The van der Waals surface area contributed by atoms with Gasteiger partial charge in [0.1, 0.15) is 6.07 Å². The molecular weight excluding hydrogens is 348 g/mol. The third-order valence-electron chi connectivity index (χ3n) is 4.11. The van der Waals surface area contributed by atoms with Crippen molar-refractivity contribution in [2.45, 2.75) is 19.8 Å². The van der Waals surface area contributed by atoms with Crippen LogP contribution in [0.1, 0.15) is 23.1 Å². The van der Waals surface area contributed by atoms with Crippen molar-refractivity contribution in [2.75, 3.05) is 30.8 Å². The van der Waals surface area contributed by atoms with Crippen molar-refractivity contribution in [2.24, 2.45) is 0 Å². The molecular formula is C20H23ClN4O. The minimum atomic E-state index is -0.0910. The maximum atomic E-state index is 12.1. The van der Waals surface area contributed by atoms with E-state index in [1.807, 2.05) is 25.1 Å². The van der Waals surface area contributed by atoms with E-state index in [9.17, 15) is 4.79 Å². The standard InChI is InChI=1S/C20H23ClN4O/c1-14-12-17(21)7-6-15(14)8-10-24-11-9-19(26)25-18-5-3-4-16(13-22)20(18)23-2/h3-7,12,23-24H,8-11H2,1-2H3,(H,25,26). The second-order valence-electron chi connectivity index (χ2n) is 5.96. The number of carbonyl (C=O) groups is 1. The van der Waals surface area contributed by atoms with Gasteiger partial charge in [-0.3, -0.25) is 4.79 Å². The molecule has 0 unspecified atom stereocenters. The number of benzene rings is 2. The number of carbonyl (C=O) groups excluding carboxylic acids is 1. The molecule has 0 heterocycles. The van der Waals surface area contributed by atoms with E-state index in [0.29, 0.717) is 29.9 Å². The molecule has 0 fully saturated rings. The topological polar surface area (TPSA) is 77.0 Å². The Morgan fingerprint density at radius 1 is 1.23 bits per heavy atom. The Bertz CT molecular complexity index is 814. The highest BCUT2D eigenvalue weighted by atomic mass is 35.5. The first-order chi connectivity index (χ1) is 12.5. The van der Waals surface area contributed by atoms with E-state index in [1.165, 1.54) is 11.1 Å². The number of anilines is 2. The van der Waals surface area contributed by atoms with Gasteiger partial charge in [-0.05, 0) is 55.3 Å². The minimum Gasteiger partial charge on any atom is -0.385 e. The second kappa shape index (κ2) is 9.81. The van der Waals surface area contributed by atoms with Crippen LogP contribution in [0.5, 0.6) is 0 Å². The molecule has 0 radical (unpaired) electrons. The van der Waals surface area contributed by atoms with E-state index >= 15 is 0 Å². The molecule has 3 N–H and O–H groups in total. The van der Waals surface area contributed by atoms with Crippen LogP contribution in [-0.4, -0.2) is 26.0 Å². The first-order valence-electron chi connectivity index (χ1n) is 8.51. The van der Waals surface area contributed by atoms with Crippen molar-refractivity contribution in [3.05, 3.63) is 58.1 Å². The fourth-order valence-electron chi connectivity index (χ4n) is 2.72. The molecule has 136 valence electrons. The number of aryl methyl sites for hydroxylation is 1. The van der Waals surface area contributed by atoms with Gasteiger partial charge in [0.25, 0.3) is 0 Å². The van der Waals surface area contributed by atoms with Gasteiger partial charge in [-0.15, -0.1) is 0 Å². The zero-order valence-electron chi connectivity index (χ0n) is 15.0. The number of hydrogen-bond acceptors (Lipinski definition) is 4. The Hall–Kier alpha value is -2.55. The van der Waals surface area contributed by atoms with E-state index in [2.05, 4.69) is 22.0 Å². The van der Waals surface area contributed by atoms with Gasteiger partial charge < -0.3 is 16.0 Å². The summed E-state index contributed by atoms with van der Waals surface area (Å²) >= 11 is 5.96. The number of halogens is 1. The van der Waals surface area contributed by atoms with E-state index in [0.717, 1.165) is 18.0 Å². The van der Waals surface area contributed by atoms with Gasteiger partial charge in [-0.25, -0.2) is 0 Å². The average Bonchev–Trinajstić information content (AvgIpc) is 2.62. The van der Waals surface area contributed by atoms with E-state index in [-0.39, 0.29) is 5.91 Å². The minimum absolute atomic E-state index is 0.0910. The largest absolute Gasteiger partial charge is 0.385 e. The lowest BCUT2D eigenvalue weighted by Gasteiger charge is -2.12. The highest BCUT2D eigenvalue weighted by Crippen LogP contribution is 2.25. The normalized spacial score (nSPS) is 10.2. The molecule has 1 amide bonds. The summed E-state index contributed by atoms with van der Waals surface area (Å²) in [5, 5.41) is 19.0. The number of nitriles is 1. The lowest BCUT2D eigenvalue weighted by Crippen LogP contribution is -2.24. The zero-order chi connectivity index (χ0) is 18.9. The highest BCUT2D eigenvalue weighted by Gasteiger charge is 2.09. The Morgan fingerprint density at radius 3 is 2.73 bits per heavy atom. The molecule has 0 spiro atoms. The van der Waals surface area contributed by atoms with Crippen molar-refractivity contribution >= 4 is 28.9 Å². The number of amides is 1. The molecule has 0 saturated carbocycles. The highest BCUT2D eigenvalue weighted by molar-refractivity contribution is 6.30. The molecule has 5 nitrogen and oxygen atoms in total. The molecule has 0 aliphatic carbocycles. The fraction of sp³-hybridized carbons (Fsp3) is 0.300. The van der Waals surface area contributed by atoms with Crippen LogP contribution in [0.25, 0.3) is 0 Å². The van der Waals surface area contributed by atoms with Crippen LogP contribution in [0.4, 0.5) is 11.4 Å². The Kier molecular flexibility index (Phi) is 7.46. The first-order valence-corrected chi connectivity index (χ1v) is 8.89. The summed E-state index contributed by atoms with van der Waals surface area (Å²) in [6, 6.07) is 13.2. The van der Waals surface area contributed by atoms with Crippen molar-refractivity contribution in [1.82, 2.24) is 5.32 Å². The third-order valence-corrected chi connectivity index (χ3v) is 4.35. The molecule has 0 aliphatic rings. The lowest BCUT2D eigenvalue weighted by atomic mass is 10.1. The molecule has 2 aromatic rings. The average molecular weight is 371 g/mol. The van der Waals surface area contributed by atoms with Crippen LogP contribution in [0.2, 0.25) is 5.02 Å². The van der Waals surface area contributed by atoms with Crippen LogP contribution in [0.3, 0.4) is 0 Å². The number of nitrogens with zero attached hydrogens (tertiary/aromatic N) is 1. The van der Waals surface area contributed by atoms with Gasteiger partial charge in [0.15, 0.2) is 0 Å². The maximum absolute atomic E-state index is 12.1. The monoisotopic (exact) mass is 370 g/mol. The summed E-state index contributed by atoms with van der Waals surface area (Å²) in [7, 11) is 1.73. The van der Waals surface area contributed by atoms with Crippen molar-refractivity contribution in [3.63, 3.8) is 0 Å². The van der Waals surface area contributed by atoms with Crippen LogP contribution >= 0.6 is 11.6 Å². The predicted molar refractivity (Wildman–Crippen MR) is 107 cm³/mol. The van der Waals surface area contributed by atoms with Crippen LogP contribution < -0.4 is 16.0 Å². The second-order valence-corrected chi connectivity index (χ2v) is 6.40. The predicted octanol–water partition coefficient (Wildman–Crippen LogP) is 3.72. The fourth-order valence-corrected chi connectivity index (χ4v) is 2.95.